The van der Waals surface area contributed by atoms with Crippen LogP contribution in [0.25, 0.3) is 0 Å². The summed E-state index contributed by atoms with van der Waals surface area (Å²) in [5.41, 5.74) is 0.389. The first-order chi connectivity index (χ1) is 14.4. The van der Waals surface area contributed by atoms with Crippen LogP contribution in [-0.4, -0.2) is 55.1 Å². The smallest absolute Gasteiger partial charge is 0.269 e. The van der Waals surface area contributed by atoms with Crippen LogP contribution in [0.3, 0.4) is 0 Å². The molecule has 2 N–H and O–H groups in total. The molecule has 30 heavy (non-hydrogen) atoms. The first-order valence-electron chi connectivity index (χ1n) is 10.0. The Kier molecular flexibility index (Phi) is 8.18. The first kappa shape index (κ1) is 23.1. The number of nitrogens with zero attached hydrogens (tertiary/aromatic N) is 3. The minimum absolute atomic E-state index is 0.120. The zero-order chi connectivity index (χ0) is 21.6. The molecule has 0 saturated carbocycles. The lowest BCUT2D eigenvalue weighted by Crippen LogP contribution is -2.40. The van der Waals surface area contributed by atoms with Gasteiger partial charge in [0, 0.05) is 23.2 Å². The fraction of sp³-hybridized carbons (Fsp3) is 0.526. The van der Waals surface area contributed by atoms with Crippen LogP contribution in [0.1, 0.15) is 49.4 Å². The minimum atomic E-state index is -3.76. The first-order valence-corrected chi connectivity index (χ1v) is 12.7. The molecular formula is C19H26ClN5O3S2. The van der Waals surface area contributed by atoms with Crippen molar-refractivity contribution in [1.29, 1.82) is 0 Å². The molecule has 1 aromatic heterocycles. The van der Waals surface area contributed by atoms with Gasteiger partial charge in [0.2, 0.25) is 9.47 Å². The fourth-order valence-corrected chi connectivity index (χ4v) is 5.64. The van der Waals surface area contributed by atoms with Crippen LogP contribution in [0, 0.1) is 0 Å². The normalized spacial score (nSPS) is 17.7. The van der Waals surface area contributed by atoms with Crippen LogP contribution in [0.2, 0.25) is 5.02 Å². The highest BCUT2D eigenvalue weighted by Gasteiger charge is 2.22. The molecule has 0 radical (unpaired) electrons. The third-order valence-corrected chi connectivity index (χ3v) is 8.02. The van der Waals surface area contributed by atoms with Crippen LogP contribution in [0.15, 0.2) is 28.6 Å². The van der Waals surface area contributed by atoms with Crippen LogP contribution < -0.4 is 10.0 Å². The van der Waals surface area contributed by atoms with Crippen molar-refractivity contribution in [2.24, 2.45) is 0 Å². The van der Waals surface area contributed by atoms with Gasteiger partial charge in [0.05, 0.1) is 0 Å². The van der Waals surface area contributed by atoms with E-state index in [0.717, 1.165) is 37.3 Å². The quantitative estimate of drug-likeness (QED) is 0.429. The molecule has 1 fully saturated rings. The number of carbonyl (C=O) groups excluding carboxylic acids is 1. The van der Waals surface area contributed by atoms with E-state index in [9.17, 15) is 13.2 Å². The molecule has 3 rings (SSSR count). The number of halogens is 1. The van der Waals surface area contributed by atoms with Crippen molar-refractivity contribution in [3.05, 3.63) is 34.9 Å². The van der Waals surface area contributed by atoms with Crippen molar-refractivity contribution in [1.82, 2.24) is 19.8 Å². The third-order valence-electron chi connectivity index (χ3n) is 5.10. The van der Waals surface area contributed by atoms with Gasteiger partial charge in [-0.2, -0.15) is 0 Å². The second-order valence-electron chi connectivity index (χ2n) is 7.18. The fourth-order valence-electron chi connectivity index (χ4n) is 3.51. The van der Waals surface area contributed by atoms with E-state index in [-0.39, 0.29) is 9.47 Å². The molecule has 0 unspecified atom stereocenters. The van der Waals surface area contributed by atoms with Gasteiger partial charge in [0.25, 0.3) is 15.9 Å². The van der Waals surface area contributed by atoms with Gasteiger partial charge in [-0.1, -0.05) is 36.3 Å². The molecule has 1 aliphatic heterocycles. The summed E-state index contributed by atoms with van der Waals surface area (Å²) in [5.74, 6) is -0.410. The highest BCUT2D eigenvalue weighted by molar-refractivity contribution is 7.91. The second kappa shape index (κ2) is 10.6. The maximum Gasteiger partial charge on any atom is 0.269 e. The molecule has 0 bridgehead atoms. The lowest BCUT2D eigenvalue weighted by Gasteiger charge is -2.35. The molecule has 2 aromatic rings. The summed E-state index contributed by atoms with van der Waals surface area (Å²) in [6.45, 7) is 4.49. The Morgan fingerprint density at radius 1 is 1.27 bits per heavy atom. The zero-order valence-corrected chi connectivity index (χ0v) is 19.2. The molecule has 8 nitrogen and oxygen atoms in total. The van der Waals surface area contributed by atoms with E-state index in [1.54, 1.807) is 24.3 Å². The summed E-state index contributed by atoms with van der Waals surface area (Å²) in [5, 5.41) is 10.7. The molecule has 11 heteroatoms. The summed E-state index contributed by atoms with van der Waals surface area (Å²) in [7, 11) is -3.76. The highest BCUT2D eigenvalue weighted by atomic mass is 35.5. The monoisotopic (exact) mass is 471 g/mol. The molecule has 1 atom stereocenters. The summed E-state index contributed by atoms with van der Waals surface area (Å²) in [4.78, 5) is 14.7. The number of benzene rings is 1. The zero-order valence-electron chi connectivity index (χ0n) is 16.8. The second-order valence-corrected chi connectivity index (χ2v) is 10.5. The summed E-state index contributed by atoms with van der Waals surface area (Å²) in [6.07, 6.45) is 5.56. The SMILES string of the molecule is CC[C@@H]1CCCCN1CCCNS(=O)(=O)c1nnc(NC(=O)c2ccc(Cl)cc2)s1. The van der Waals surface area contributed by atoms with Crippen molar-refractivity contribution in [3.63, 3.8) is 0 Å². The van der Waals surface area contributed by atoms with E-state index >= 15 is 0 Å². The van der Waals surface area contributed by atoms with Crippen molar-refractivity contribution in [3.8, 4) is 0 Å². The number of carbonyl (C=O) groups is 1. The highest BCUT2D eigenvalue weighted by Crippen LogP contribution is 2.21. The van der Waals surface area contributed by atoms with Gasteiger partial charge in [-0.3, -0.25) is 10.1 Å². The Morgan fingerprint density at radius 3 is 2.77 bits per heavy atom. The topological polar surface area (TPSA) is 104 Å². The average Bonchev–Trinajstić information content (AvgIpc) is 3.21. The Morgan fingerprint density at radius 2 is 2.03 bits per heavy atom. The van der Waals surface area contributed by atoms with Gasteiger partial charge < -0.3 is 4.90 Å². The Bertz CT molecular complexity index is 949. The van der Waals surface area contributed by atoms with Crippen molar-refractivity contribution in [2.45, 2.75) is 49.4 Å². The van der Waals surface area contributed by atoms with E-state index < -0.39 is 15.9 Å². The van der Waals surface area contributed by atoms with Gasteiger partial charge in [0.15, 0.2) is 0 Å². The van der Waals surface area contributed by atoms with Crippen LogP contribution in [-0.2, 0) is 10.0 Å². The summed E-state index contributed by atoms with van der Waals surface area (Å²) >= 11 is 6.63. The van der Waals surface area contributed by atoms with E-state index in [1.807, 2.05) is 0 Å². The predicted molar refractivity (Wildman–Crippen MR) is 119 cm³/mol. The minimum Gasteiger partial charge on any atom is -0.300 e. The van der Waals surface area contributed by atoms with E-state index in [0.29, 0.717) is 23.2 Å². The number of sulfonamides is 1. The summed E-state index contributed by atoms with van der Waals surface area (Å²) in [6, 6.07) is 6.95. The van der Waals surface area contributed by atoms with Crippen LogP contribution in [0.4, 0.5) is 5.13 Å². The number of hydrogen-bond acceptors (Lipinski definition) is 7. The van der Waals surface area contributed by atoms with Crippen molar-refractivity contribution in [2.75, 3.05) is 25.0 Å². The lowest BCUT2D eigenvalue weighted by atomic mass is 10.00. The van der Waals surface area contributed by atoms with Crippen molar-refractivity contribution < 1.29 is 13.2 Å². The largest absolute Gasteiger partial charge is 0.300 e. The predicted octanol–water partition coefficient (Wildman–Crippen LogP) is 3.38. The number of hydrogen-bond donors (Lipinski definition) is 2. The Balaban J connectivity index is 1.49. The van der Waals surface area contributed by atoms with Gasteiger partial charge in [-0.25, -0.2) is 13.1 Å². The number of rotatable bonds is 9. The maximum atomic E-state index is 12.5. The average molecular weight is 472 g/mol. The molecule has 0 aliphatic carbocycles. The van der Waals surface area contributed by atoms with E-state index in [4.69, 9.17) is 11.6 Å². The lowest BCUT2D eigenvalue weighted by molar-refractivity contribution is 0.102. The van der Waals surface area contributed by atoms with Gasteiger partial charge in [0.1, 0.15) is 0 Å². The van der Waals surface area contributed by atoms with E-state index in [1.165, 1.54) is 19.3 Å². The van der Waals surface area contributed by atoms with Crippen LogP contribution >= 0.6 is 22.9 Å². The molecule has 164 valence electrons. The number of nitrogens with one attached hydrogen (secondary N) is 2. The van der Waals surface area contributed by atoms with Gasteiger partial charge >= 0.3 is 0 Å². The Labute approximate surface area is 186 Å². The number of piperidine rings is 1. The van der Waals surface area contributed by atoms with Crippen molar-refractivity contribution >= 4 is 44.0 Å². The van der Waals surface area contributed by atoms with Crippen LogP contribution in [0.5, 0.6) is 0 Å². The molecular weight excluding hydrogens is 446 g/mol. The molecule has 0 spiro atoms. The molecule has 1 saturated heterocycles. The molecule has 1 aromatic carbocycles. The molecule has 1 aliphatic rings. The standard InChI is InChI=1S/C19H26ClN5O3S2/c1-2-16-6-3-4-12-25(16)13-5-11-21-30(27,28)19-24-23-18(29-19)22-17(26)14-7-9-15(20)10-8-14/h7-10,16,21H,2-6,11-13H2,1H3,(H,22,23,26)/t16-/m1/s1. The van der Waals surface area contributed by atoms with Gasteiger partial charge in [-0.05, 0) is 63.0 Å². The molecule has 2 heterocycles. The maximum absolute atomic E-state index is 12.5. The Hall–Kier alpha value is -1.59. The number of aromatic nitrogens is 2. The van der Waals surface area contributed by atoms with Gasteiger partial charge in [-0.15, -0.1) is 10.2 Å². The third kappa shape index (κ3) is 6.21. The summed E-state index contributed by atoms with van der Waals surface area (Å²) < 4.78 is 27.3. The van der Waals surface area contributed by atoms with E-state index in [2.05, 4.69) is 32.1 Å². The molecule has 1 amide bonds. The number of amides is 1. The number of anilines is 1. The number of likely N-dealkylation sites (tertiary alicyclic amines) is 1.